The summed E-state index contributed by atoms with van der Waals surface area (Å²) in [5, 5.41) is 20.2. The third-order valence-electron chi connectivity index (χ3n) is 1.64. The topological polar surface area (TPSA) is 78.5 Å². The summed E-state index contributed by atoms with van der Waals surface area (Å²) in [6, 6.07) is 7.27. The van der Waals surface area contributed by atoms with Crippen molar-refractivity contribution < 1.29 is 10.2 Å². The van der Waals surface area contributed by atoms with Gasteiger partial charge in [0.25, 0.3) is 0 Å². The number of nitrogens with two attached hydrogens (primary N) is 1. The van der Waals surface area contributed by atoms with Crippen LogP contribution in [0.2, 0.25) is 0 Å². The van der Waals surface area contributed by atoms with Crippen molar-refractivity contribution in [1.82, 2.24) is 0 Å². The summed E-state index contributed by atoms with van der Waals surface area (Å²) in [5.74, 6) is 0. The molecule has 0 radical (unpaired) electrons. The van der Waals surface area contributed by atoms with Gasteiger partial charge in [0.1, 0.15) is 0 Å². The standard InChI is InChI=1S/C9H14N2O2/c10-7-1-3-8(4-2-7)11-6-5-9(12)13/h1-4,9,11-13H,5-6,10H2. The predicted molar refractivity (Wildman–Crippen MR) is 52.2 cm³/mol. The summed E-state index contributed by atoms with van der Waals surface area (Å²) < 4.78 is 0. The van der Waals surface area contributed by atoms with E-state index >= 15 is 0 Å². The van der Waals surface area contributed by atoms with E-state index in [2.05, 4.69) is 5.32 Å². The van der Waals surface area contributed by atoms with Crippen LogP contribution < -0.4 is 11.1 Å². The Morgan fingerprint density at radius 1 is 1.23 bits per heavy atom. The Hall–Kier alpha value is -1.26. The minimum absolute atomic E-state index is 0.310. The molecular weight excluding hydrogens is 168 g/mol. The number of anilines is 2. The molecule has 0 atom stereocenters. The van der Waals surface area contributed by atoms with E-state index < -0.39 is 6.29 Å². The fraction of sp³-hybridized carbons (Fsp3) is 0.333. The molecular formula is C9H14N2O2. The van der Waals surface area contributed by atoms with E-state index in [-0.39, 0.29) is 0 Å². The summed E-state index contributed by atoms with van der Waals surface area (Å²) in [6.07, 6.45) is -0.939. The quantitative estimate of drug-likeness (QED) is 0.401. The second-order valence-corrected chi connectivity index (χ2v) is 2.82. The third kappa shape index (κ3) is 3.78. The van der Waals surface area contributed by atoms with E-state index in [1.165, 1.54) is 0 Å². The molecule has 0 saturated heterocycles. The van der Waals surface area contributed by atoms with Crippen molar-refractivity contribution in [2.45, 2.75) is 12.7 Å². The van der Waals surface area contributed by atoms with Crippen molar-refractivity contribution in [1.29, 1.82) is 0 Å². The first-order valence-electron chi connectivity index (χ1n) is 4.14. The number of nitrogens with one attached hydrogen (secondary N) is 1. The van der Waals surface area contributed by atoms with Gasteiger partial charge in [0, 0.05) is 24.3 Å². The zero-order chi connectivity index (χ0) is 9.68. The van der Waals surface area contributed by atoms with Crippen molar-refractivity contribution in [3.8, 4) is 0 Å². The molecule has 0 aliphatic carbocycles. The fourth-order valence-electron chi connectivity index (χ4n) is 0.947. The lowest BCUT2D eigenvalue weighted by Gasteiger charge is -2.07. The Bertz CT molecular complexity index is 246. The molecule has 5 N–H and O–H groups in total. The Kier molecular flexibility index (Phi) is 3.54. The number of hydrogen-bond donors (Lipinski definition) is 4. The van der Waals surface area contributed by atoms with Crippen LogP contribution in [0.15, 0.2) is 24.3 Å². The first-order chi connectivity index (χ1) is 6.18. The molecule has 0 aromatic heterocycles. The number of nitrogen functional groups attached to an aromatic ring is 1. The second-order valence-electron chi connectivity index (χ2n) is 2.82. The summed E-state index contributed by atoms with van der Waals surface area (Å²) in [6.45, 7) is 0.529. The molecule has 0 amide bonds. The smallest absolute Gasteiger partial charge is 0.153 e. The van der Waals surface area contributed by atoms with Crippen LogP contribution in [0, 0.1) is 0 Å². The van der Waals surface area contributed by atoms with Gasteiger partial charge in [-0.3, -0.25) is 0 Å². The fourth-order valence-corrected chi connectivity index (χ4v) is 0.947. The normalized spacial score (nSPS) is 10.4. The molecule has 0 aliphatic heterocycles. The first kappa shape index (κ1) is 9.83. The van der Waals surface area contributed by atoms with Gasteiger partial charge < -0.3 is 21.3 Å². The molecule has 72 valence electrons. The number of aliphatic hydroxyl groups excluding tert-OH is 1. The van der Waals surface area contributed by atoms with E-state index in [4.69, 9.17) is 15.9 Å². The van der Waals surface area contributed by atoms with Crippen molar-refractivity contribution in [3.05, 3.63) is 24.3 Å². The predicted octanol–water partition coefficient (Wildman–Crippen LogP) is 0.381. The number of rotatable bonds is 4. The maximum atomic E-state index is 8.57. The summed E-state index contributed by atoms with van der Waals surface area (Å²) in [4.78, 5) is 0. The van der Waals surface area contributed by atoms with E-state index in [0.717, 1.165) is 5.69 Å². The number of aliphatic hydroxyl groups is 2. The zero-order valence-electron chi connectivity index (χ0n) is 7.27. The average molecular weight is 182 g/mol. The van der Waals surface area contributed by atoms with Gasteiger partial charge in [-0.05, 0) is 24.3 Å². The van der Waals surface area contributed by atoms with Crippen LogP contribution in [0.4, 0.5) is 11.4 Å². The molecule has 1 aromatic carbocycles. The Morgan fingerprint density at radius 2 is 1.85 bits per heavy atom. The van der Waals surface area contributed by atoms with Crippen LogP contribution in [0.3, 0.4) is 0 Å². The highest BCUT2D eigenvalue weighted by atomic mass is 16.5. The van der Waals surface area contributed by atoms with Gasteiger partial charge >= 0.3 is 0 Å². The van der Waals surface area contributed by atoms with Gasteiger partial charge in [-0.25, -0.2) is 0 Å². The molecule has 0 fully saturated rings. The Balaban J connectivity index is 2.33. The molecule has 4 heteroatoms. The number of hydrogen-bond acceptors (Lipinski definition) is 4. The van der Waals surface area contributed by atoms with E-state index in [1.807, 2.05) is 12.1 Å². The van der Waals surface area contributed by atoms with Crippen molar-refractivity contribution in [3.63, 3.8) is 0 Å². The van der Waals surface area contributed by atoms with E-state index in [0.29, 0.717) is 18.7 Å². The SMILES string of the molecule is Nc1ccc(NCCC(O)O)cc1. The first-order valence-corrected chi connectivity index (χ1v) is 4.14. The van der Waals surface area contributed by atoms with Gasteiger partial charge in [-0.2, -0.15) is 0 Å². The highest BCUT2D eigenvalue weighted by Gasteiger charge is 1.96. The molecule has 13 heavy (non-hydrogen) atoms. The maximum Gasteiger partial charge on any atom is 0.153 e. The van der Waals surface area contributed by atoms with Crippen molar-refractivity contribution in [2.24, 2.45) is 0 Å². The minimum Gasteiger partial charge on any atom is -0.399 e. The second kappa shape index (κ2) is 4.69. The van der Waals surface area contributed by atoms with Gasteiger partial charge in [0.2, 0.25) is 0 Å². The van der Waals surface area contributed by atoms with Crippen LogP contribution in [-0.4, -0.2) is 23.0 Å². The van der Waals surface area contributed by atoms with Crippen LogP contribution in [-0.2, 0) is 0 Å². The third-order valence-corrected chi connectivity index (χ3v) is 1.64. The van der Waals surface area contributed by atoms with E-state index in [1.54, 1.807) is 12.1 Å². The van der Waals surface area contributed by atoms with Gasteiger partial charge in [0.05, 0.1) is 0 Å². The van der Waals surface area contributed by atoms with Gasteiger partial charge in [0.15, 0.2) is 6.29 Å². The summed E-state index contributed by atoms with van der Waals surface area (Å²) in [5.41, 5.74) is 7.14. The Morgan fingerprint density at radius 3 is 2.38 bits per heavy atom. The van der Waals surface area contributed by atoms with Crippen LogP contribution >= 0.6 is 0 Å². The monoisotopic (exact) mass is 182 g/mol. The Labute approximate surface area is 77.0 Å². The molecule has 0 saturated carbocycles. The molecule has 0 bridgehead atoms. The molecule has 0 spiro atoms. The summed E-state index contributed by atoms with van der Waals surface area (Å²) >= 11 is 0. The van der Waals surface area contributed by atoms with Crippen molar-refractivity contribution in [2.75, 3.05) is 17.6 Å². The van der Waals surface area contributed by atoms with Crippen LogP contribution in [0.25, 0.3) is 0 Å². The summed E-state index contributed by atoms with van der Waals surface area (Å²) in [7, 11) is 0. The largest absolute Gasteiger partial charge is 0.399 e. The molecule has 0 unspecified atom stereocenters. The minimum atomic E-state index is -1.25. The molecule has 4 nitrogen and oxygen atoms in total. The van der Waals surface area contributed by atoms with Crippen molar-refractivity contribution >= 4 is 11.4 Å². The number of benzene rings is 1. The lowest BCUT2D eigenvalue weighted by Crippen LogP contribution is -2.12. The highest BCUT2D eigenvalue weighted by Crippen LogP contribution is 2.10. The maximum absolute atomic E-state index is 8.57. The average Bonchev–Trinajstić information content (AvgIpc) is 2.08. The molecule has 1 aromatic rings. The lowest BCUT2D eigenvalue weighted by atomic mass is 10.3. The molecule has 1 rings (SSSR count). The molecule has 0 heterocycles. The molecule has 0 aliphatic rings. The van der Waals surface area contributed by atoms with E-state index in [9.17, 15) is 0 Å². The van der Waals surface area contributed by atoms with Gasteiger partial charge in [-0.15, -0.1) is 0 Å². The van der Waals surface area contributed by atoms with Gasteiger partial charge in [-0.1, -0.05) is 0 Å². The lowest BCUT2D eigenvalue weighted by molar-refractivity contribution is -0.0423. The van der Waals surface area contributed by atoms with Crippen LogP contribution in [0.5, 0.6) is 0 Å². The zero-order valence-corrected chi connectivity index (χ0v) is 7.27. The highest BCUT2D eigenvalue weighted by molar-refractivity contribution is 5.51. The van der Waals surface area contributed by atoms with Crippen LogP contribution in [0.1, 0.15) is 6.42 Å².